The second-order valence-corrected chi connectivity index (χ2v) is 9.68. The molecule has 1 aromatic heterocycles. The molecule has 6 nitrogen and oxygen atoms in total. The van der Waals surface area contributed by atoms with Crippen molar-refractivity contribution in [3.05, 3.63) is 52.6 Å². The average Bonchev–Trinajstić information content (AvgIpc) is 3.26. The smallest absolute Gasteiger partial charge is 0.410 e. The van der Waals surface area contributed by atoms with Crippen LogP contribution in [0.4, 0.5) is 4.79 Å². The summed E-state index contributed by atoms with van der Waals surface area (Å²) >= 11 is 1.72. The largest absolute Gasteiger partial charge is 0.444 e. The molecular formula is C23H30N4O2S. The van der Waals surface area contributed by atoms with E-state index in [2.05, 4.69) is 52.6 Å². The Morgan fingerprint density at radius 2 is 2.00 bits per heavy atom. The Morgan fingerprint density at radius 1 is 1.23 bits per heavy atom. The monoisotopic (exact) mass is 426 g/mol. The molecule has 7 heteroatoms. The van der Waals surface area contributed by atoms with Crippen LogP contribution in [0.15, 0.2) is 52.8 Å². The standard InChI is InChI=1S/C23H30N4O2S/c1-5-17-8-9-27-18(15-17)21(24-16-19(27)20-7-6-14-30-20)25-10-12-26(13-11-25)22(28)29-23(2,3)4/h6-9,14-17H,5,10-13H2,1-4H3. The number of carbonyl (C=O) groups is 1. The highest BCUT2D eigenvalue weighted by Gasteiger charge is 2.32. The van der Waals surface area contributed by atoms with Gasteiger partial charge in [0, 0.05) is 32.4 Å². The number of piperazine rings is 1. The lowest BCUT2D eigenvalue weighted by Crippen LogP contribution is -2.53. The lowest BCUT2D eigenvalue weighted by molar-refractivity contribution is 0.0187. The van der Waals surface area contributed by atoms with Gasteiger partial charge < -0.3 is 19.4 Å². The zero-order valence-corrected chi connectivity index (χ0v) is 19.0. The Kier molecular flexibility index (Phi) is 5.73. The molecule has 0 aromatic carbocycles. The maximum Gasteiger partial charge on any atom is 0.410 e. The molecule has 1 atom stereocenters. The van der Waals surface area contributed by atoms with Gasteiger partial charge in [0.2, 0.25) is 0 Å². The number of amides is 1. The normalized spacial score (nSPS) is 21.7. The number of thiophene rings is 1. The molecule has 0 radical (unpaired) electrons. The number of nitrogens with zero attached hydrogens (tertiary/aromatic N) is 4. The number of hydrogen-bond donors (Lipinski definition) is 0. The fraction of sp³-hybridized carbons (Fsp3) is 0.478. The van der Waals surface area contributed by atoms with Gasteiger partial charge >= 0.3 is 6.09 Å². The van der Waals surface area contributed by atoms with Crippen molar-refractivity contribution in [3.8, 4) is 0 Å². The van der Waals surface area contributed by atoms with Gasteiger partial charge in [-0.3, -0.25) is 0 Å². The summed E-state index contributed by atoms with van der Waals surface area (Å²) in [5.41, 5.74) is 1.78. The third-order valence-corrected chi connectivity index (χ3v) is 6.28. The molecule has 1 unspecified atom stereocenters. The van der Waals surface area contributed by atoms with E-state index in [4.69, 9.17) is 9.73 Å². The third kappa shape index (κ3) is 4.31. The van der Waals surface area contributed by atoms with Crippen LogP contribution in [0.5, 0.6) is 0 Å². The molecule has 4 heterocycles. The SMILES string of the molecule is CCC1C=CN2C(=C1)C(N1CCN(C(=O)OC(C)(C)C)CC1)=NC=C2c1cccs1. The minimum absolute atomic E-state index is 0.236. The Balaban J connectivity index is 1.53. The number of ether oxygens (including phenoxy) is 1. The first-order chi connectivity index (χ1) is 14.4. The molecule has 0 bridgehead atoms. The van der Waals surface area contributed by atoms with Crippen LogP contribution in [0.2, 0.25) is 0 Å². The predicted octanol–water partition coefficient (Wildman–Crippen LogP) is 4.75. The third-order valence-electron chi connectivity index (χ3n) is 5.39. The number of amidine groups is 1. The first-order valence-electron chi connectivity index (χ1n) is 10.6. The quantitative estimate of drug-likeness (QED) is 0.685. The van der Waals surface area contributed by atoms with Crippen LogP contribution in [-0.4, -0.2) is 58.4 Å². The summed E-state index contributed by atoms with van der Waals surface area (Å²) in [6.45, 7) is 10.7. The van der Waals surface area contributed by atoms with Gasteiger partial charge in [-0.1, -0.05) is 19.1 Å². The van der Waals surface area contributed by atoms with Crippen LogP contribution in [0.1, 0.15) is 39.0 Å². The van der Waals surface area contributed by atoms with Crippen molar-refractivity contribution in [2.75, 3.05) is 26.2 Å². The van der Waals surface area contributed by atoms with Crippen LogP contribution in [0.25, 0.3) is 5.70 Å². The molecule has 1 amide bonds. The van der Waals surface area contributed by atoms with Gasteiger partial charge in [0.1, 0.15) is 5.60 Å². The summed E-state index contributed by atoms with van der Waals surface area (Å²) in [7, 11) is 0. The van der Waals surface area contributed by atoms with Crippen LogP contribution in [0.3, 0.4) is 0 Å². The van der Waals surface area contributed by atoms with Gasteiger partial charge in [0.05, 0.1) is 22.5 Å². The molecule has 1 saturated heterocycles. The predicted molar refractivity (Wildman–Crippen MR) is 122 cm³/mol. The Hall–Kier alpha value is -2.54. The van der Waals surface area contributed by atoms with E-state index < -0.39 is 5.60 Å². The van der Waals surface area contributed by atoms with Gasteiger partial charge in [0.25, 0.3) is 0 Å². The van der Waals surface area contributed by atoms with E-state index in [9.17, 15) is 4.79 Å². The summed E-state index contributed by atoms with van der Waals surface area (Å²) < 4.78 is 5.53. The molecule has 0 saturated carbocycles. The van der Waals surface area contributed by atoms with Gasteiger partial charge in [-0.2, -0.15) is 0 Å². The van der Waals surface area contributed by atoms with Gasteiger partial charge in [-0.05, 0) is 50.6 Å². The molecule has 3 aliphatic rings. The average molecular weight is 427 g/mol. The Morgan fingerprint density at radius 3 is 2.63 bits per heavy atom. The fourth-order valence-electron chi connectivity index (χ4n) is 3.79. The van der Waals surface area contributed by atoms with Gasteiger partial charge in [0.15, 0.2) is 5.84 Å². The van der Waals surface area contributed by atoms with Crippen LogP contribution in [-0.2, 0) is 4.74 Å². The number of hydrogen-bond acceptors (Lipinski definition) is 6. The van der Waals surface area contributed by atoms with Crippen molar-refractivity contribution in [1.29, 1.82) is 0 Å². The fourth-order valence-corrected chi connectivity index (χ4v) is 4.52. The van der Waals surface area contributed by atoms with Crippen molar-refractivity contribution in [2.45, 2.75) is 39.7 Å². The number of fused-ring (bicyclic) bond motifs is 1. The highest BCUT2D eigenvalue weighted by atomic mass is 32.1. The second-order valence-electron chi connectivity index (χ2n) is 8.73. The van der Waals surface area contributed by atoms with E-state index in [1.54, 1.807) is 16.2 Å². The van der Waals surface area contributed by atoms with E-state index in [1.807, 2.05) is 27.0 Å². The molecule has 30 heavy (non-hydrogen) atoms. The Labute approximate surface area is 182 Å². The summed E-state index contributed by atoms with van der Waals surface area (Å²) in [5.74, 6) is 1.40. The molecule has 0 spiro atoms. The van der Waals surface area contributed by atoms with Crippen LogP contribution >= 0.6 is 11.3 Å². The molecule has 4 rings (SSSR count). The molecule has 1 fully saturated rings. The number of allylic oxidation sites excluding steroid dienone is 2. The molecule has 0 aliphatic carbocycles. The van der Waals surface area contributed by atoms with Crippen LogP contribution < -0.4 is 0 Å². The summed E-state index contributed by atoms with van der Waals surface area (Å²) in [6.07, 6.45) is 9.55. The van der Waals surface area contributed by atoms with Crippen molar-refractivity contribution in [3.63, 3.8) is 0 Å². The van der Waals surface area contributed by atoms with E-state index >= 15 is 0 Å². The Bertz CT molecular complexity index is 900. The summed E-state index contributed by atoms with van der Waals surface area (Å²) in [5, 5.41) is 2.09. The topological polar surface area (TPSA) is 48.4 Å². The lowest BCUT2D eigenvalue weighted by Gasteiger charge is -2.41. The first kappa shape index (κ1) is 20.7. The maximum absolute atomic E-state index is 12.4. The van der Waals surface area contributed by atoms with E-state index in [1.165, 1.54) is 4.88 Å². The lowest BCUT2D eigenvalue weighted by atomic mass is 10.00. The zero-order chi connectivity index (χ0) is 21.3. The number of aliphatic imine (C=N–C) groups is 1. The maximum atomic E-state index is 12.4. The van der Waals surface area contributed by atoms with Crippen molar-refractivity contribution in [2.24, 2.45) is 10.9 Å². The summed E-state index contributed by atoms with van der Waals surface area (Å²) in [6, 6.07) is 4.20. The van der Waals surface area contributed by atoms with Gasteiger partial charge in [-0.25, -0.2) is 9.79 Å². The van der Waals surface area contributed by atoms with Gasteiger partial charge in [-0.15, -0.1) is 11.3 Å². The van der Waals surface area contributed by atoms with E-state index in [0.717, 1.165) is 36.7 Å². The second kappa shape index (κ2) is 8.30. The zero-order valence-electron chi connectivity index (χ0n) is 18.2. The summed E-state index contributed by atoms with van der Waals surface area (Å²) in [4.78, 5) is 24.8. The minimum atomic E-state index is -0.473. The number of carbonyl (C=O) groups excluding carboxylic acids is 1. The van der Waals surface area contributed by atoms with E-state index in [0.29, 0.717) is 19.0 Å². The van der Waals surface area contributed by atoms with Crippen molar-refractivity contribution in [1.82, 2.24) is 14.7 Å². The molecule has 160 valence electrons. The highest BCUT2D eigenvalue weighted by molar-refractivity contribution is 7.11. The molecular weight excluding hydrogens is 396 g/mol. The van der Waals surface area contributed by atoms with Crippen molar-refractivity contribution < 1.29 is 9.53 Å². The molecule has 1 aromatic rings. The van der Waals surface area contributed by atoms with Crippen LogP contribution in [0, 0.1) is 5.92 Å². The molecule has 3 aliphatic heterocycles. The van der Waals surface area contributed by atoms with Crippen molar-refractivity contribution >= 4 is 29.0 Å². The first-order valence-corrected chi connectivity index (χ1v) is 11.5. The van der Waals surface area contributed by atoms with E-state index in [-0.39, 0.29) is 6.09 Å². The highest BCUT2D eigenvalue weighted by Crippen LogP contribution is 2.35. The minimum Gasteiger partial charge on any atom is -0.444 e. The molecule has 0 N–H and O–H groups in total. The number of rotatable bonds is 2.